The molecule has 2 heterocycles. The summed E-state index contributed by atoms with van der Waals surface area (Å²) in [4.78, 5) is 4.06. The van der Waals surface area contributed by atoms with Gasteiger partial charge in [-0.15, -0.1) is 0 Å². The number of ether oxygens (including phenoxy) is 1. The molecular formula is C18H22N2O. The summed E-state index contributed by atoms with van der Waals surface area (Å²) in [7, 11) is 0. The summed E-state index contributed by atoms with van der Waals surface area (Å²) in [5.41, 5.74) is 3.81. The highest BCUT2D eigenvalue weighted by Crippen LogP contribution is 2.35. The minimum Gasteiger partial charge on any atom is -0.487 e. The maximum absolute atomic E-state index is 5.92. The minimum absolute atomic E-state index is 0.0707. The number of rotatable bonds is 4. The van der Waals surface area contributed by atoms with Crippen molar-refractivity contribution in [2.75, 3.05) is 0 Å². The topological polar surface area (TPSA) is 34.1 Å². The van der Waals surface area contributed by atoms with E-state index >= 15 is 0 Å². The van der Waals surface area contributed by atoms with E-state index in [1.165, 1.54) is 16.7 Å². The smallest absolute Gasteiger partial charge is 0.123 e. The molecule has 3 nitrogen and oxygen atoms in total. The number of hydrogen-bond donors (Lipinski definition) is 1. The molecule has 0 radical (unpaired) electrons. The summed E-state index contributed by atoms with van der Waals surface area (Å²) >= 11 is 0. The van der Waals surface area contributed by atoms with Gasteiger partial charge in [-0.3, -0.25) is 4.98 Å². The molecule has 1 aliphatic rings. The predicted molar refractivity (Wildman–Crippen MR) is 84.3 cm³/mol. The highest BCUT2D eigenvalue weighted by molar-refractivity contribution is 5.41. The summed E-state index contributed by atoms with van der Waals surface area (Å²) < 4.78 is 5.92. The third-order valence-corrected chi connectivity index (χ3v) is 3.95. The van der Waals surface area contributed by atoms with Crippen LogP contribution in [0, 0.1) is 0 Å². The molecular weight excluding hydrogens is 260 g/mol. The van der Waals surface area contributed by atoms with Crippen LogP contribution in [0.15, 0.2) is 42.7 Å². The van der Waals surface area contributed by atoms with Crippen molar-refractivity contribution >= 4 is 0 Å². The van der Waals surface area contributed by atoms with Crippen molar-refractivity contribution in [3.8, 4) is 5.75 Å². The SMILES string of the molecule is C[C@H](NCc1ccc2c(c1)CC(C)(C)O2)c1ccncc1. The lowest BCUT2D eigenvalue weighted by atomic mass is 10.00. The fourth-order valence-corrected chi connectivity index (χ4v) is 2.81. The second-order valence-electron chi connectivity index (χ2n) is 6.36. The fourth-order valence-electron chi connectivity index (χ4n) is 2.81. The third-order valence-electron chi connectivity index (χ3n) is 3.95. The molecule has 0 unspecified atom stereocenters. The van der Waals surface area contributed by atoms with E-state index in [0.29, 0.717) is 6.04 Å². The predicted octanol–water partition coefficient (Wildman–Crippen LogP) is 3.65. The van der Waals surface area contributed by atoms with Gasteiger partial charge in [-0.2, -0.15) is 0 Å². The van der Waals surface area contributed by atoms with Crippen LogP contribution in [0.5, 0.6) is 5.75 Å². The van der Waals surface area contributed by atoms with Crippen molar-refractivity contribution < 1.29 is 4.74 Å². The van der Waals surface area contributed by atoms with Crippen LogP contribution in [0.25, 0.3) is 0 Å². The number of nitrogens with zero attached hydrogens (tertiary/aromatic N) is 1. The van der Waals surface area contributed by atoms with Gasteiger partial charge in [0.05, 0.1) is 0 Å². The number of aromatic nitrogens is 1. The highest BCUT2D eigenvalue weighted by atomic mass is 16.5. The Bertz CT molecular complexity index is 622. The van der Waals surface area contributed by atoms with Crippen LogP contribution in [0.1, 0.15) is 43.5 Å². The van der Waals surface area contributed by atoms with E-state index < -0.39 is 0 Å². The molecule has 0 saturated carbocycles. The van der Waals surface area contributed by atoms with E-state index in [1.54, 1.807) is 0 Å². The van der Waals surface area contributed by atoms with Gasteiger partial charge in [0.1, 0.15) is 11.4 Å². The second-order valence-corrected chi connectivity index (χ2v) is 6.36. The molecule has 1 aromatic heterocycles. The van der Waals surface area contributed by atoms with Gasteiger partial charge in [-0.1, -0.05) is 12.1 Å². The van der Waals surface area contributed by atoms with Gasteiger partial charge in [0.2, 0.25) is 0 Å². The second kappa shape index (κ2) is 5.49. The van der Waals surface area contributed by atoms with Gasteiger partial charge in [0, 0.05) is 31.4 Å². The normalized spacial score (nSPS) is 17.1. The largest absolute Gasteiger partial charge is 0.487 e. The number of pyridine rings is 1. The van der Waals surface area contributed by atoms with E-state index in [4.69, 9.17) is 4.74 Å². The van der Waals surface area contributed by atoms with Crippen molar-refractivity contribution in [1.29, 1.82) is 0 Å². The lowest BCUT2D eigenvalue weighted by molar-refractivity contribution is 0.138. The van der Waals surface area contributed by atoms with Gasteiger partial charge >= 0.3 is 0 Å². The van der Waals surface area contributed by atoms with Crippen molar-refractivity contribution in [1.82, 2.24) is 10.3 Å². The number of benzene rings is 1. The molecule has 0 fully saturated rings. The molecule has 3 rings (SSSR count). The van der Waals surface area contributed by atoms with Crippen molar-refractivity contribution in [3.63, 3.8) is 0 Å². The maximum atomic E-state index is 5.92. The Morgan fingerprint density at radius 3 is 2.76 bits per heavy atom. The van der Waals surface area contributed by atoms with Crippen LogP contribution >= 0.6 is 0 Å². The molecule has 0 bridgehead atoms. The highest BCUT2D eigenvalue weighted by Gasteiger charge is 2.29. The molecule has 110 valence electrons. The molecule has 1 N–H and O–H groups in total. The molecule has 3 heteroatoms. The number of nitrogens with one attached hydrogen (secondary N) is 1. The third kappa shape index (κ3) is 3.24. The van der Waals surface area contributed by atoms with Crippen LogP contribution in [0.4, 0.5) is 0 Å². The average molecular weight is 282 g/mol. The van der Waals surface area contributed by atoms with E-state index in [9.17, 15) is 0 Å². The van der Waals surface area contributed by atoms with Crippen LogP contribution < -0.4 is 10.1 Å². The summed E-state index contributed by atoms with van der Waals surface area (Å²) in [6.45, 7) is 7.30. The van der Waals surface area contributed by atoms with Crippen LogP contribution in [-0.2, 0) is 13.0 Å². The van der Waals surface area contributed by atoms with Crippen LogP contribution in [-0.4, -0.2) is 10.6 Å². The Morgan fingerprint density at radius 2 is 2.00 bits per heavy atom. The Kier molecular flexibility index (Phi) is 3.68. The van der Waals surface area contributed by atoms with E-state index in [0.717, 1.165) is 18.7 Å². The lowest BCUT2D eigenvalue weighted by Crippen LogP contribution is -2.24. The molecule has 0 amide bonds. The summed E-state index contributed by atoms with van der Waals surface area (Å²) in [5, 5.41) is 3.56. The first-order chi connectivity index (χ1) is 10.0. The van der Waals surface area contributed by atoms with E-state index in [1.807, 2.05) is 12.4 Å². The molecule has 1 atom stereocenters. The van der Waals surface area contributed by atoms with Crippen molar-refractivity contribution in [2.45, 2.75) is 45.4 Å². The van der Waals surface area contributed by atoms with Crippen molar-refractivity contribution in [3.05, 3.63) is 59.4 Å². The maximum Gasteiger partial charge on any atom is 0.123 e. The zero-order valence-corrected chi connectivity index (χ0v) is 12.9. The zero-order chi connectivity index (χ0) is 14.9. The van der Waals surface area contributed by atoms with E-state index in [2.05, 4.69) is 61.4 Å². The summed E-state index contributed by atoms with van der Waals surface area (Å²) in [5.74, 6) is 1.03. The molecule has 2 aromatic rings. The van der Waals surface area contributed by atoms with Crippen LogP contribution in [0.3, 0.4) is 0 Å². The molecule has 0 saturated heterocycles. The van der Waals surface area contributed by atoms with Gasteiger partial charge in [-0.25, -0.2) is 0 Å². The Labute approximate surface area is 126 Å². The Hall–Kier alpha value is -1.87. The van der Waals surface area contributed by atoms with Gasteiger partial charge in [-0.05, 0) is 55.7 Å². The summed E-state index contributed by atoms with van der Waals surface area (Å²) in [6.07, 6.45) is 4.65. The fraction of sp³-hybridized carbons (Fsp3) is 0.389. The van der Waals surface area contributed by atoms with Crippen LogP contribution in [0.2, 0.25) is 0 Å². The molecule has 1 aromatic carbocycles. The quantitative estimate of drug-likeness (QED) is 0.929. The van der Waals surface area contributed by atoms with Gasteiger partial charge in [0.25, 0.3) is 0 Å². The summed E-state index contributed by atoms with van der Waals surface area (Å²) in [6, 6.07) is 10.9. The Morgan fingerprint density at radius 1 is 1.24 bits per heavy atom. The van der Waals surface area contributed by atoms with Gasteiger partial charge < -0.3 is 10.1 Å². The molecule has 1 aliphatic heterocycles. The molecule has 21 heavy (non-hydrogen) atoms. The first kappa shape index (κ1) is 14.1. The monoisotopic (exact) mass is 282 g/mol. The first-order valence-electron chi connectivity index (χ1n) is 7.48. The lowest BCUT2D eigenvalue weighted by Gasteiger charge is -2.16. The minimum atomic E-state index is -0.0707. The van der Waals surface area contributed by atoms with Gasteiger partial charge in [0.15, 0.2) is 0 Å². The first-order valence-corrected chi connectivity index (χ1v) is 7.48. The average Bonchev–Trinajstić information content (AvgIpc) is 2.78. The number of fused-ring (bicyclic) bond motifs is 1. The number of hydrogen-bond acceptors (Lipinski definition) is 3. The van der Waals surface area contributed by atoms with E-state index in [-0.39, 0.29) is 5.60 Å². The molecule has 0 spiro atoms. The zero-order valence-electron chi connectivity index (χ0n) is 12.9. The van der Waals surface area contributed by atoms with Crippen molar-refractivity contribution in [2.24, 2.45) is 0 Å². The molecule has 0 aliphatic carbocycles. The standard InChI is InChI=1S/C18H22N2O/c1-13(15-6-8-19-9-7-15)20-12-14-4-5-17-16(10-14)11-18(2,3)21-17/h4-10,13,20H,11-12H2,1-3H3/t13-/m0/s1. The Balaban J connectivity index is 1.65.